The Labute approximate surface area is 82.0 Å². The van der Waals surface area contributed by atoms with Gasteiger partial charge in [0.1, 0.15) is 5.82 Å². The molecule has 0 spiro atoms. The summed E-state index contributed by atoms with van der Waals surface area (Å²) in [5.74, 6) is -0.212. The van der Waals surface area contributed by atoms with Crippen molar-refractivity contribution < 1.29 is 4.39 Å². The summed E-state index contributed by atoms with van der Waals surface area (Å²) in [5.41, 5.74) is 2.85. The molecule has 0 fully saturated rings. The molecule has 2 nitrogen and oxygen atoms in total. The Morgan fingerprint density at radius 1 is 1.21 bits per heavy atom. The van der Waals surface area contributed by atoms with Crippen molar-refractivity contribution in [1.82, 2.24) is 9.78 Å². The minimum Gasteiger partial charge on any atom is -0.238 e. The SMILES string of the molecule is Cc1cc(F)ccc1-n1nccc1C. The Bertz CT molecular complexity index is 460. The van der Waals surface area contributed by atoms with Crippen LogP contribution in [0.1, 0.15) is 11.3 Å². The first-order valence-corrected chi connectivity index (χ1v) is 4.45. The molecule has 2 rings (SSSR count). The molecule has 0 atom stereocenters. The molecule has 0 amide bonds. The van der Waals surface area contributed by atoms with Crippen LogP contribution in [-0.4, -0.2) is 9.78 Å². The molecular formula is C11H11FN2. The Morgan fingerprint density at radius 2 is 2.00 bits per heavy atom. The second-order valence-corrected chi connectivity index (χ2v) is 3.32. The highest BCUT2D eigenvalue weighted by molar-refractivity contribution is 5.40. The smallest absolute Gasteiger partial charge is 0.123 e. The molecule has 0 aliphatic carbocycles. The molecule has 1 aromatic heterocycles. The van der Waals surface area contributed by atoms with Gasteiger partial charge in [0.2, 0.25) is 0 Å². The summed E-state index contributed by atoms with van der Waals surface area (Å²) < 4.78 is 14.7. The standard InChI is InChI=1S/C11H11FN2/c1-8-7-10(12)3-4-11(8)14-9(2)5-6-13-14/h3-7H,1-2H3. The number of rotatable bonds is 1. The molecule has 0 saturated carbocycles. The van der Waals surface area contributed by atoms with Crippen LogP contribution in [0.5, 0.6) is 0 Å². The number of halogens is 1. The quantitative estimate of drug-likeness (QED) is 0.676. The van der Waals surface area contributed by atoms with E-state index in [2.05, 4.69) is 5.10 Å². The average Bonchev–Trinajstić information content (AvgIpc) is 2.52. The predicted octanol–water partition coefficient (Wildman–Crippen LogP) is 2.63. The van der Waals surface area contributed by atoms with Gasteiger partial charge >= 0.3 is 0 Å². The van der Waals surface area contributed by atoms with Gasteiger partial charge in [-0.2, -0.15) is 5.10 Å². The lowest BCUT2D eigenvalue weighted by Gasteiger charge is -2.07. The minimum absolute atomic E-state index is 0.212. The second kappa shape index (κ2) is 3.25. The molecule has 1 aromatic carbocycles. The largest absolute Gasteiger partial charge is 0.238 e. The van der Waals surface area contributed by atoms with Gasteiger partial charge in [-0.15, -0.1) is 0 Å². The first-order chi connectivity index (χ1) is 6.68. The van der Waals surface area contributed by atoms with Gasteiger partial charge in [0.05, 0.1) is 5.69 Å². The fourth-order valence-corrected chi connectivity index (χ4v) is 1.48. The van der Waals surface area contributed by atoms with Gasteiger partial charge in [-0.05, 0) is 43.7 Å². The van der Waals surface area contributed by atoms with Gasteiger partial charge in [-0.1, -0.05) is 0 Å². The predicted molar refractivity (Wildman–Crippen MR) is 53.0 cm³/mol. The van der Waals surface area contributed by atoms with E-state index in [0.29, 0.717) is 0 Å². The third-order valence-electron chi connectivity index (χ3n) is 2.22. The van der Waals surface area contributed by atoms with Gasteiger partial charge in [0.25, 0.3) is 0 Å². The highest BCUT2D eigenvalue weighted by Gasteiger charge is 2.04. The zero-order valence-corrected chi connectivity index (χ0v) is 8.16. The van der Waals surface area contributed by atoms with Gasteiger partial charge in [0.15, 0.2) is 0 Å². The molecule has 0 aliphatic heterocycles. The van der Waals surface area contributed by atoms with Crippen LogP contribution in [0, 0.1) is 19.7 Å². The van der Waals surface area contributed by atoms with Crippen molar-refractivity contribution in [3.8, 4) is 5.69 Å². The molecule has 3 heteroatoms. The summed E-state index contributed by atoms with van der Waals surface area (Å²) in [7, 11) is 0. The highest BCUT2D eigenvalue weighted by atomic mass is 19.1. The summed E-state index contributed by atoms with van der Waals surface area (Å²) in [4.78, 5) is 0. The molecule has 0 unspecified atom stereocenters. The number of nitrogens with zero attached hydrogens (tertiary/aromatic N) is 2. The van der Waals surface area contributed by atoms with Crippen LogP contribution < -0.4 is 0 Å². The van der Waals surface area contributed by atoms with Crippen LogP contribution in [0.2, 0.25) is 0 Å². The number of aryl methyl sites for hydroxylation is 2. The van der Waals surface area contributed by atoms with Crippen molar-refractivity contribution in [1.29, 1.82) is 0 Å². The lowest BCUT2D eigenvalue weighted by atomic mass is 10.2. The van der Waals surface area contributed by atoms with E-state index in [1.807, 2.05) is 19.9 Å². The molecule has 14 heavy (non-hydrogen) atoms. The van der Waals surface area contributed by atoms with E-state index in [9.17, 15) is 4.39 Å². The maximum absolute atomic E-state index is 12.9. The van der Waals surface area contributed by atoms with Crippen molar-refractivity contribution in [2.24, 2.45) is 0 Å². The van der Waals surface area contributed by atoms with Crippen molar-refractivity contribution >= 4 is 0 Å². The summed E-state index contributed by atoms with van der Waals surface area (Å²) in [6.45, 7) is 3.84. The van der Waals surface area contributed by atoms with Crippen molar-refractivity contribution in [3.05, 3.63) is 47.5 Å². The zero-order chi connectivity index (χ0) is 10.1. The normalized spacial score (nSPS) is 10.5. The second-order valence-electron chi connectivity index (χ2n) is 3.32. The number of benzene rings is 1. The molecule has 0 radical (unpaired) electrons. The molecular weight excluding hydrogens is 179 g/mol. The first kappa shape index (κ1) is 8.94. The summed E-state index contributed by atoms with van der Waals surface area (Å²) in [6.07, 6.45) is 1.73. The third-order valence-corrected chi connectivity index (χ3v) is 2.22. The number of hydrogen-bond acceptors (Lipinski definition) is 1. The summed E-state index contributed by atoms with van der Waals surface area (Å²) in [6, 6.07) is 6.62. The lowest BCUT2D eigenvalue weighted by molar-refractivity contribution is 0.625. The molecule has 0 bridgehead atoms. The fourth-order valence-electron chi connectivity index (χ4n) is 1.48. The minimum atomic E-state index is -0.212. The highest BCUT2D eigenvalue weighted by Crippen LogP contribution is 2.15. The van der Waals surface area contributed by atoms with E-state index in [1.165, 1.54) is 12.1 Å². The van der Waals surface area contributed by atoms with Crippen molar-refractivity contribution in [2.45, 2.75) is 13.8 Å². The van der Waals surface area contributed by atoms with E-state index >= 15 is 0 Å². The van der Waals surface area contributed by atoms with Crippen LogP contribution in [-0.2, 0) is 0 Å². The maximum atomic E-state index is 12.9. The Hall–Kier alpha value is -1.64. The lowest BCUT2D eigenvalue weighted by Crippen LogP contribution is -2.01. The van der Waals surface area contributed by atoms with E-state index in [-0.39, 0.29) is 5.82 Å². The van der Waals surface area contributed by atoms with Crippen LogP contribution in [0.4, 0.5) is 4.39 Å². The number of hydrogen-bond donors (Lipinski definition) is 0. The monoisotopic (exact) mass is 190 g/mol. The Morgan fingerprint density at radius 3 is 2.57 bits per heavy atom. The fraction of sp³-hybridized carbons (Fsp3) is 0.182. The summed E-state index contributed by atoms with van der Waals surface area (Å²) in [5, 5.41) is 4.17. The van der Waals surface area contributed by atoms with E-state index < -0.39 is 0 Å². The van der Waals surface area contributed by atoms with Gasteiger partial charge in [-0.3, -0.25) is 0 Å². The van der Waals surface area contributed by atoms with Crippen molar-refractivity contribution in [2.75, 3.05) is 0 Å². The molecule has 72 valence electrons. The van der Waals surface area contributed by atoms with Gasteiger partial charge in [0, 0.05) is 11.9 Å². The zero-order valence-electron chi connectivity index (χ0n) is 8.16. The Kier molecular flexibility index (Phi) is 2.08. The summed E-state index contributed by atoms with van der Waals surface area (Å²) >= 11 is 0. The van der Waals surface area contributed by atoms with Gasteiger partial charge in [-0.25, -0.2) is 9.07 Å². The molecule has 0 saturated heterocycles. The van der Waals surface area contributed by atoms with Crippen molar-refractivity contribution in [3.63, 3.8) is 0 Å². The Balaban J connectivity index is 2.58. The van der Waals surface area contributed by atoms with E-state index in [4.69, 9.17) is 0 Å². The maximum Gasteiger partial charge on any atom is 0.123 e. The average molecular weight is 190 g/mol. The first-order valence-electron chi connectivity index (χ1n) is 4.45. The van der Waals surface area contributed by atoms with Gasteiger partial charge < -0.3 is 0 Å². The molecule has 1 heterocycles. The van der Waals surface area contributed by atoms with Crippen LogP contribution in [0.3, 0.4) is 0 Å². The van der Waals surface area contributed by atoms with Crippen LogP contribution in [0.25, 0.3) is 5.69 Å². The third kappa shape index (κ3) is 1.41. The molecule has 2 aromatic rings. The number of aromatic nitrogens is 2. The van der Waals surface area contributed by atoms with E-state index in [1.54, 1.807) is 16.9 Å². The van der Waals surface area contributed by atoms with Crippen LogP contribution in [0.15, 0.2) is 30.5 Å². The topological polar surface area (TPSA) is 17.8 Å². The molecule has 0 N–H and O–H groups in total. The van der Waals surface area contributed by atoms with Crippen LogP contribution >= 0.6 is 0 Å². The van der Waals surface area contributed by atoms with E-state index in [0.717, 1.165) is 16.9 Å². The molecule has 0 aliphatic rings.